The van der Waals surface area contributed by atoms with Gasteiger partial charge in [0.2, 0.25) is 0 Å². The highest BCUT2D eigenvalue weighted by Crippen LogP contribution is 2.41. The molecule has 0 aromatic heterocycles. The van der Waals surface area contributed by atoms with Crippen LogP contribution in [-0.2, 0) is 12.6 Å². The number of piperazine rings is 1. The highest BCUT2D eigenvalue weighted by atomic mass is 19.4. The summed E-state index contributed by atoms with van der Waals surface area (Å²) in [6, 6.07) is 3.58. The Kier molecular flexibility index (Phi) is 2.78. The van der Waals surface area contributed by atoms with Crippen molar-refractivity contribution in [2.45, 2.75) is 38.5 Å². The molecule has 0 amide bonds. The van der Waals surface area contributed by atoms with E-state index in [9.17, 15) is 13.2 Å². The molecule has 1 fully saturated rings. The molecule has 0 spiro atoms. The van der Waals surface area contributed by atoms with Gasteiger partial charge in [-0.2, -0.15) is 13.2 Å². The van der Waals surface area contributed by atoms with Crippen molar-refractivity contribution < 1.29 is 13.2 Å². The SMILES string of the molecule is Cc1cc2c(cc1C(F)(F)F)N1C(C)CNC[C@@H]1C2. The van der Waals surface area contributed by atoms with E-state index >= 15 is 0 Å². The van der Waals surface area contributed by atoms with Crippen LogP contribution in [0.15, 0.2) is 12.1 Å². The molecule has 5 heteroatoms. The van der Waals surface area contributed by atoms with Crippen LogP contribution in [0, 0.1) is 6.92 Å². The minimum Gasteiger partial charge on any atom is -0.363 e. The fourth-order valence-corrected chi connectivity index (χ4v) is 3.34. The molecule has 1 aromatic rings. The van der Waals surface area contributed by atoms with Crippen molar-refractivity contribution in [1.82, 2.24) is 5.32 Å². The summed E-state index contributed by atoms with van der Waals surface area (Å²) in [4.78, 5) is 2.15. The van der Waals surface area contributed by atoms with E-state index in [0.717, 1.165) is 30.8 Å². The van der Waals surface area contributed by atoms with Gasteiger partial charge in [0.05, 0.1) is 5.56 Å². The maximum absolute atomic E-state index is 13.0. The summed E-state index contributed by atoms with van der Waals surface area (Å²) >= 11 is 0. The second-order valence-corrected chi connectivity index (χ2v) is 5.57. The lowest BCUT2D eigenvalue weighted by Crippen LogP contribution is -2.54. The monoisotopic (exact) mass is 270 g/mol. The second-order valence-electron chi connectivity index (χ2n) is 5.57. The maximum atomic E-state index is 13.0. The van der Waals surface area contributed by atoms with Gasteiger partial charge >= 0.3 is 6.18 Å². The molecule has 2 heterocycles. The van der Waals surface area contributed by atoms with Crippen LogP contribution in [0.3, 0.4) is 0 Å². The zero-order valence-electron chi connectivity index (χ0n) is 11.0. The smallest absolute Gasteiger partial charge is 0.363 e. The van der Waals surface area contributed by atoms with Gasteiger partial charge in [-0.05, 0) is 37.5 Å². The van der Waals surface area contributed by atoms with Gasteiger partial charge in [0.25, 0.3) is 0 Å². The van der Waals surface area contributed by atoms with Gasteiger partial charge in [0.15, 0.2) is 0 Å². The van der Waals surface area contributed by atoms with Gasteiger partial charge < -0.3 is 10.2 Å². The summed E-state index contributed by atoms with van der Waals surface area (Å²) in [5, 5.41) is 3.34. The number of hydrogen-bond acceptors (Lipinski definition) is 2. The summed E-state index contributed by atoms with van der Waals surface area (Å²) in [6.07, 6.45) is -3.43. The Labute approximate surface area is 110 Å². The minimum atomic E-state index is -4.27. The Morgan fingerprint density at radius 1 is 1.26 bits per heavy atom. The molecule has 19 heavy (non-hydrogen) atoms. The van der Waals surface area contributed by atoms with Gasteiger partial charge in [-0.25, -0.2) is 0 Å². The third kappa shape index (κ3) is 2.00. The molecule has 1 N–H and O–H groups in total. The number of anilines is 1. The quantitative estimate of drug-likeness (QED) is 0.780. The molecule has 0 bridgehead atoms. The molecular formula is C14H17F3N2. The highest BCUT2D eigenvalue weighted by molar-refractivity contribution is 5.64. The molecule has 2 nitrogen and oxygen atoms in total. The molecular weight excluding hydrogens is 253 g/mol. The zero-order chi connectivity index (χ0) is 13.8. The topological polar surface area (TPSA) is 15.3 Å². The molecule has 2 aliphatic heterocycles. The van der Waals surface area contributed by atoms with Gasteiger partial charge in [0, 0.05) is 30.9 Å². The van der Waals surface area contributed by atoms with E-state index in [0.29, 0.717) is 11.6 Å². The molecule has 0 radical (unpaired) electrons. The highest BCUT2D eigenvalue weighted by Gasteiger charge is 2.39. The van der Waals surface area contributed by atoms with E-state index in [-0.39, 0.29) is 6.04 Å². The molecule has 0 saturated carbocycles. The lowest BCUT2D eigenvalue weighted by molar-refractivity contribution is -0.138. The van der Waals surface area contributed by atoms with Crippen LogP contribution in [-0.4, -0.2) is 25.2 Å². The van der Waals surface area contributed by atoms with Crippen molar-refractivity contribution in [3.63, 3.8) is 0 Å². The number of hydrogen-bond donors (Lipinski definition) is 1. The molecule has 1 aromatic carbocycles. The van der Waals surface area contributed by atoms with Crippen LogP contribution in [0.4, 0.5) is 18.9 Å². The van der Waals surface area contributed by atoms with Crippen molar-refractivity contribution in [3.05, 3.63) is 28.8 Å². The number of nitrogens with zero attached hydrogens (tertiary/aromatic N) is 1. The summed E-state index contributed by atoms with van der Waals surface area (Å²) in [5.74, 6) is 0. The number of alkyl halides is 3. The molecule has 2 atom stereocenters. The largest absolute Gasteiger partial charge is 0.416 e. The Morgan fingerprint density at radius 2 is 2.00 bits per heavy atom. The van der Waals surface area contributed by atoms with Gasteiger partial charge in [-0.1, -0.05) is 6.07 Å². The van der Waals surface area contributed by atoms with E-state index < -0.39 is 11.7 Å². The van der Waals surface area contributed by atoms with Crippen LogP contribution in [0.5, 0.6) is 0 Å². The predicted octanol–water partition coefficient (Wildman–Crippen LogP) is 2.74. The summed E-state index contributed by atoms with van der Waals surface area (Å²) in [6.45, 7) is 5.27. The van der Waals surface area contributed by atoms with E-state index in [1.165, 1.54) is 6.07 Å². The Bertz CT molecular complexity index is 510. The number of fused-ring (bicyclic) bond motifs is 3. The fourth-order valence-electron chi connectivity index (χ4n) is 3.34. The first-order chi connectivity index (χ1) is 8.88. The van der Waals surface area contributed by atoms with Crippen LogP contribution < -0.4 is 10.2 Å². The summed E-state index contributed by atoms with van der Waals surface area (Å²) in [7, 11) is 0. The first-order valence-corrected chi connectivity index (χ1v) is 6.57. The number of aryl methyl sites for hydroxylation is 1. The zero-order valence-corrected chi connectivity index (χ0v) is 11.0. The van der Waals surface area contributed by atoms with E-state index in [2.05, 4.69) is 17.1 Å². The number of halogens is 3. The van der Waals surface area contributed by atoms with E-state index in [1.54, 1.807) is 13.0 Å². The van der Waals surface area contributed by atoms with Crippen molar-refractivity contribution in [1.29, 1.82) is 0 Å². The molecule has 2 aliphatic rings. The molecule has 3 rings (SSSR count). The Balaban J connectivity index is 2.08. The average molecular weight is 270 g/mol. The van der Waals surface area contributed by atoms with Crippen LogP contribution in [0.1, 0.15) is 23.6 Å². The third-order valence-corrected chi connectivity index (χ3v) is 4.15. The van der Waals surface area contributed by atoms with Crippen LogP contribution in [0.25, 0.3) is 0 Å². The van der Waals surface area contributed by atoms with Crippen LogP contribution in [0.2, 0.25) is 0 Å². The van der Waals surface area contributed by atoms with Crippen molar-refractivity contribution in [2.24, 2.45) is 0 Å². The predicted molar refractivity (Wildman–Crippen MR) is 68.5 cm³/mol. The number of benzene rings is 1. The Hall–Kier alpha value is -1.23. The summed E-state index contributed by atoms with van der Waals surface area (Å²) in [5.41, 5.74) is 1.65. The maximum Gasteiger partial charge on any atom is 0.416 e. The van der Waals surface area contributed by atoms with Crippen molar-refractivity contribution in [2.75, 3.05) is 18.0 Å². The van der Waals surface area contributed by atoms with Crippen molar-refractivity contribution >= 4 is 5.69 Å². The second kappa shape index (κ2) is 4.13. The van der Waals surface area contributed by atoms with Crippen LogP contribution >= 0.6 is 0 Å². The lowest BCUT2D eigenvalue weighted by Gasteiger charge is -2.38. The van der Waals surface area contributed by atoms with Crippen molar-refractivity contribution in [3.8, 4) is 0 Å². The van der Waals surface area contributed by atoms with Gasteiger partial charge in [0.1, 0.15) is 0 Å². The standard InChI is InChI=1S/C14H17F3N2/c1-8-3-10-4-11-7-18-6-9(2)19(11)13(10)5-12(8)14(15,16)17/h3,5,9,11,18H,4,6-7H2,1-2H3/t9?,11-/m0/s1. The minimum absolute atomic E-state index is 0.240. The Morgan fingerprint density at radius 3 is 2.68 bits per heavy atom. The fraction of sp³-hybridized carbons (Fsp3) is 0.571. The molecule has 104 valence electrons. The number of rotatable bonds is 0. The van der Waals surface area contributed by atoms with Gasteiger partial charge in [-0.3, -0.25) is 0 Å². The molecule has 0 aliphatic carbocycles. The third-order valence-electron chi connectivity index (χ3n) is 4.15. The molecule has 1 unspecified atom stereocenters. The first kappa shape index (κ1) is 12.8. The summed E-state index contributed by atoms with van der Waals surface area (Å²) < 4.78 is 39.0. The average Bonchev–Trinajstić information content (AvgIpc) is 2.64. The lowest BCUT2D eigenvalue weighted by atomic mass is 10.0. The van der Waals surface area contributed by atoms with E-state index in [4.69, 9.17) is 0 Å². The first-order valence-electron chi connectivity index (χ1n) is 6.57. The number of nitrogens with one attached hydrogen (secondary N) is 1. The normalized spacial score (nSPS) is 26.3. The van der Waals surface area contributed by atoms with E-state index in [1.807, 2.05) is 0 Å². The van der Waals surface area contributed by atoms with Gasteiger partial charge in [-0.15, -0.1) is 0 Å². The molecule has 1 saturated heterocycles.